The van der Waals surface area contributed by atoms with Gasteiger partial charge in [-0.15, -0.1) is 11.3 Å². The van der Waals surface area contributed by atoms with Crippen LogP contribution in [0.1, 0.15) is 23.2 Å². The maximum atomic E-state index is 4.57. The summed E-state index contributed by atoms with van der Waals surface area (Å²) in [6, 6.07) is 4.24. The first kappa shape index (κ1) is 15.3. The fraction of sp³-hybridized carbons (Fsp3) is 0.429. The molecule has 0 aromatic carbocycles. The molecule has 108 valence electrons. The average molecular weight is 355 g/mol. The van der Waals surface area contributed by atoms with Crippen LogP contribution in [0.2, 0.25) is 0 Å². The zero-order valence-corrected chi connectivity index (χ0v) is 14.4. The minimum Gasteiger partial charge on any atom is -0.373 e. The molecule has 0 saturated heterocycles. The van der Waals surface area contributed by atoms with E-state index >= 15 is 0 Å². The van der Waals surface area contributed by atoms with Gasteiger partial charge in [0.25, 0.3) is 0 Å². The molecule has 6 heteroatoms. The lowest BCUT2D eigenvalue weighted by Gasteiger charge is -2.13. The number of hydrogen-bond donors (Lipinski definition) is 2. The molecule has 2 N–H and O–H groups in total. The SMILES string of the molecule is CCc1nc(NC)c(C)c(NCCc2ccc(Br)s2)n1. The molecule has 2 heterocycles. The van der Waals surface area contributed by atoms with Crippen molar-refractivity contribution in [3.8, 4) is 0 Å². The third-order valence-electron chi connectivity index (χ3n) is 3.04. The van der Waals surface area contributed by atoms with Crippen LogP contribution in [-0.4, -0.2) is 23.6 Å². The Labute approximate surface area is 132 Å². The Bertz CT molecular complexity index is 583. The number of halogens is 1. The average Bonchev–Trinajstić information content (AvgIpc) is 2.86. The second-order valence-corrected chi connectivity index (χ2v) is 7.00. The first-order valence-electron chi connectivity index (χ1n) is 6.67. The van der Waals surface area contributed by atoms with E-state index in [1.165, 1.54) is 8.66 Å². The largest absolute Gasteiger partial charge is 0.373 e. The molecule has 2 rings (SSSR count). The van der Waals surface area contributed by atoms with E-state index in [4.69, 9.17) is 0 Å². The molecule has 0 saturated carbocycles. The van der Waals surface area contributed by atoms with E-state index in [0.29, 0.717) is 0 Å². The van der Waals surface area contributed by atoms with E-state index in [1.807, 2.05) is 14.0 Å². The van der Waals surface area contributed by atoms with Gasteiger partial charge in [-0.25, -0.2) is 9.97 Å². The van der Waals surface area contributed by atoms with Crippen LogP contribution >= 0.6 is 27.3 Å². The molecule has 2 aromatic rings. The van der Waals surface area contributed by atoms with Crippen molar-refractivity contribution in [2.45, 2.75) is 26.7 Å². The van der Waals surface area contributed by atoms with Crippen LogP contribution in [0.3, 0.4) is 0 Å². The van der Waals surface area contributed by atoms with Crippen LogP contribution in [0.5, 0.6) is 0 Å². The van der Waals surface area contributed by atoms with E-state index in [2.05, 4.69) is 55.6 Å². The molecule has 0 unspecified atom stereocenters. The Kier molecular flexibility index (Phi) is 5.37. The fourth-order valence-corrected chi connectivity index (χ4v) is 3.41. The highest BCUT2D eigenvalue weighted by molar-refractivity contribution is 9.11. The van der Waals surface area contributed by atoms with Gasteiger partial charge >= 0.3 is 0 Å². The maximum absolute atomic E-state index is 4.57. The Morgan fingerprint density at radius 2 is 2.00 bits per heavy atom. The molecule has 20 heavy (non-hydrogen) atoms. The summed E-state index contributed by atoms with van der Waals surface area (Å²) < 4.78 is 1.18. The number of thiophene rings is 1. The lowest BCUT2D eigenvalue weighted by atomic mass is 10.2. The predicted octanol–water partition coefficient (Wildman–Crippen LogP) is 3.87. The molecule has 0 aliphatic heterocycles. The van der Waals surface area contributed by atoms with Crippen molar-refractivity contribution in [2.24, 2.45) is 0 Å². The standard InChI is InChI=1S/C14H19BrN4S/c1-4-12-18-13(16-3)9(2)14(19-12)17-8-7-10-5-6-11(15)20-10/h5-6H,4,7-8H2,1-3H3,(H2,16,17,18,19). The molecule has 0 aliphatic carbocycles. The molecule has 0 bridgehead atoms. The molecule has 4 nitrogen and oxygen atoms in total. The van der Waals surface area contributed by atoms with E-state index < -0.39 is 0 Å². The number of nitrogens with zero attached hydrogens (tertiary/aromatic N) is 2. The van der Waals surface area contributed by atoms with Crippen molar-refractivity contribution >= 4 is 38.9 Å². The molecule has 0 amide bonds. The van der Waals surface area contributed by atoms with Gasteiger partial charge in [0.2, 0.25) is 0 Å². The van der Waals surface area contributed by atoms with Crippen molar-refractivity contribution in [3.63, 3.8) is 0 Å². The van der Waals surface area contributed by atoms with Gasteiger partial charge in [0.15, 0.2) is 0 Å². The van der Waals surface area contributed by atoms with Gasteiger partial charge in [-0.05, 0) is 41.4 Å². The maximum Gasteiger partial charge on any atom is 0.134 e. The van der Waals surface area contributed by atoms with Crippen molar-refractivity contribution in [2.75, 3.05) is 24.2 Å². The molecular formula is C14H19BrN4S. The topological polar surface area (TPSA) is 49.8 Å². The summed E-state index contributed by atoms with van der Waals surface area (Å²) in [6.07, 6.45) is 1.83. The molecule has 0 radical (unpaired) electrons. The summed E-state index contributed by atoms with van der Waals surface area (Å²) in [7, 11) is 1.89. The van der Waals surface area contributed by atoms with E-state index in [-0.39, 0.29) is 0 Å². The zero-order valence-electron chi connectivity index (χ0n) is 12.0. The van der Waals surface area contributed by atoms with Crippen molar-refractivity contribution in [1.29, 1.82) is 0 Å². The van der Waals surface area contributed by atoms with Crippen LogP contribution in [0.25, 0.3) is 0 Å². The number of hydrogen-bond acceptors (Lipinski definition) is 5. The van der Waals surface area contributed by atoms with E-state index in [9.17, 15) is 0 Å². The van der Waals surface area contributed by atoms with Gasteiger partial charge in [-0.3, -0.25) is 0 Å². The number of aromatic nitrogens is 2. The molecule has 2 aromatic heterocycles. The molecule has 0 fully saturated rings. The third-order valence-corrected chi connectivity index (χ3v) is 4.72. The number of rotatable bonds is 6. The second-order valence-electron chi connectivity index (χ2n) is 4.45. The van der Waals surface area contributed by atoms with Crippen LogP contribution in [-0.2, 0) is 12.8 Å². The van der Waals surface area contributed by atoms with Gasteiger partial charge in [0.05, 0.1) is 3.79 Å². The number of nitrogens with one attached hydrogen (secondary N) is 2. The summed E-state index contributed by atoms with van der Waals surface area (Å²) in [6.45, 7) is 4.98. The predicted molar refractivity (Wildman–Crippen MR) is 89.9 cm³/mol. The summed E-state index contributed by atoms with van der Waals surface area (Å²) in [4.78, 5) is 10.4. The first-order chi connectivity index (χ1) is 9.63. The molecule has 0 atom stereocenters. The number of aryl methyl sites for hydroxylation is 1. The number of anilines is 2. The summed E-state index contributed by atoms with van der Waals surface area (Å²) in [5.41, 5.74) is 1.07. The highest BCUT2D eigenvalue weighted by Gasteiger charge is 2.09. The monoisotopic (exact) mass is 354 g/mol. The minimum absolute atomic E-state index is 0.835. The van der Waals surface area contributed by atoms with Crippen molar-refractivity contribution < 1.29 is 0 Å². The summed E-state index contributed by atoms with van der Waals surface area (Å²) in [5, 5.41) is 6.55. The van der Waals surface area contributed by atoms with Gasteiger partial charge < -0.3 is 10.6 Å². The Morgan fingerprint density at radius 1 is 1.25 bits per heavy atom. The Hall–Kier alpha value is -1.14. The second kappa shape index (κ2) is 7.04. The van der Waals surface area contributed by atoms with Crippen molar-refractivity contribution in [1.82, 2.24) is 9.97 Å². The highest BCUT2D eigenvalue weighted by Crippen LogP contribution is 2.23. The Balaban J connectivity index is 2.04. The molecular weight excluding hydrogens is 336 g/mol. The smallest absolute Gasteiger partial charge is 0.134 e. The normalized spacial score (nSPS) is 10.6. The lowest BCUT2D eigenvalue weighted by Crippen LogP contribution is -2.11. The lowest BCUT2D eigenvalue weighted by molar-refractivity contribution is 0.919. The van der Waals surface area contributed by atoms with Crippen molar-refractivity contribution in [3.05, 3.63) is 32.2 Å². The van der Waals surface area contributed by atoms with Gasteiger partial charge in [-0.2, -0.15) is 0 Å². The third kappa shape index (κ3) is 3.70. The molecule has 0 spiro atoms. The van der Waals surface area contributed by atoms with Crippen LogP contribution in [0.15, 0.2) is 15.9 Å². The van der Waals surface area contributed by atoms with Gasteiger partial charge in [-0.1, -0.05) is 6.92 Å². The van der Waals surface area contributed by atoms with Crippen LogP contribution < -0.4 is 10.6 Å². The summed E-state index contributed by atoms with van der Waals surface area (Å²) in [5.74, 6) is 2.69. The van der Waals surface area contributed by atoms with Gasteiger partial charge in [0, 0.05) is 30.5 Å². The van der Waals surface area contributed by atoms with Gasteiger partial charge in [0.1, 0.15) is 17.5 Å². The van der Waals surface area contributed by atoms with E-state index in [1.54, 1.807) is 11.3 Å². The van der Waals surface area contributed by atoms with Crippen LogP contribution in [0, 0.1) is 6.92 Å². The quantitative estimate of drug-likeness (QED) is 0.826. The van der Waals surface area contributed by atoms with Crippen LogP contribution in [0.4, 0.5) is 11.6 Å². The first-order valence-corrected chi connectivity index (χ1v) is 8.28. The minimum atomic E-state index is 0.835. The summed E-state index contributed by atoms with van der Waals surface area (Å²) >= 11 is 5.26. The fourth-order valence-electron chi connectivity index (χ4n) is 1.93. The Morgan fingerprint density at radius 3 is 2.60 bits per heavy atom. The zero-order chi connectivity index (χ0) is 14.5. The molecule has 0 aliphatic rings. The highest BCUT2D eigenvalue weighted by atomic mass is 79.9. The van der Waals surface area contributed by atoms with E-state index in [0.717, 1.165) is 42.4 Å².